The van der Waals surface area contributed by atoms with Crippen molar-refractivity contribution in [3.8, 4) is 11.5 Å². The highest BCUT2D eigenvalue weighted by molar-refractivity contribution is 5.77. The quantitative estimate of drug-likeness (QED) is 0.736. The van der Waals surface area contributed by atoms with Crippen LogP contribution in [-0.4, -0.2) is 18.0 Å². The summed E-state index contributed by atoms with van der Waals surface area (Å²) in [6, 6.07) is 6.01. The second kappa shape index (κ2) is 5.64. The second-order valence-corrected chi connectivity index (χ2v) is 5.63. The first kappa shape index (κ1) is 13.9. The van der Waals surface area contributed by atoms with Gasteiger partial charge in [0.1, 0.15) is 11.4 Å². The van der Waals surface area contributed by atoms with Gasteiger partial charge in [-0.3, -0.25) is 4.79 Å². The van der Waals surface area contributed by atoms with Crippen molar-refractivity contribution in [1.29, 1.82) is 0 Å². The van der Waals surface area contributed by atoms with E-state index >= 15 is 0 Å². The summed E-state index contributed by atoms with van der Waals surface area (Å²) in [5.74, 6) is 1.96. The predicted molar refractivity (Wildman–Crippen MR) is 74.9 cm³/mol. The van der Waals surface area contributed by atoms with Crippen LogP contribution in [0, 0.1) is 0 Å². The number of ether oxygens (including phenoxy) is 2. The second-order valence-electron chi connectivity index (χ2n) is 5.63. The minimum absolute atomic E-state index is 0.153. The molecule has 0 atom stereocenters. The van der Waals surface area contributed by atoms with Crippen LogP contribution in [0.3, 0.4) is 0 Å². The molecule has 0 bridgehead atoms. The van der Waals surface area contributed by atoms with Gasteiger partial charge in [-0.05, 0) is 26.3 Å². The minimum atomic E-state index is -0.153. The molecule has 19 heavy (non-hydrogen) atoms. The Morgan fingerprint density at radius 3 is 2.95 bits per heavy atom. The van der Waals surface area contributed by atoms with Crippen molar-refractivity contribution in [1.82, 2.24) is 0 Å². The number of benzene rings is 1. The Kier molecular flexibility index (Phi) is 4.13. The first-order valence-corrected chi connectivity index (χ1v) is 6.97. The number of carbonyl (C=O) groups excluding carboxylic acids is 1. The first-order chi connectivity index (χ1) is 9.02. The van der Waals surface area contributed by atoms with E-state index in [1.54, 1.807) is 0 Å². The molecule has 0 aliphatic carbocycles. The van der Waals surface area contributed by atoms with Gasteiger partial charge in [0.15, 0.2) is 11.5 Å². The highest BCUT2D eigenvalue weighted by Gasteiger charge is 2.32. The molecule has 2 rings (SSSR count). The molecule has 1 aliphatic heterocycles. The lowest BCUT2D eigenvalue weighted by molar-refractivity contribution is -0.118. The van der Waals surface area contributed by atoms with Crippen LogP contribution in [0.15, 0.2) is 18.2 Å². The van der Waals surface area contributed by atoms with Crippen LogP contribution in [0.4, 0.5) is 0 Å². The van der Waals surface area contributed by atoms with E-state index in [9.17, 15) is 4.79 Å². The Morgan fingerprint density at radius 1 is 1.42 bits per heavy atom. The van der Waals surface area contributed by atoms with Crippen LogP contribution in [0.1, 0.15) is 45.6 Å². The SMILES string of the molecule is CCC(=O)CCCOc1cccc2c1OC(C)(C)C2. The van der Waals surface area contributed by atoms with Crippen LogP contribution >= 0.6 is 0 Å². The Labute approximate surface area is 114 Å². The summed E-state index contributed by atoms with van der Waals surface area (Å²) in [5, 5.41) is 0. The maximum absolute atomic E-state index is 11.2. The van der Waals surface area contributed by atoms with Gasteiger partial charge in [0.2, 0.25) is 0 Å². The summed E-state index contributed by atoms with van der Waals surface area (Å²) in [6.45, 7) is 6.61. The lowest BCUT2D eigenvalue weighted by Gasteiger charge is -2.18. The van der Waals surface area contributed by atoms with Crippen molar-refractivity contribution in [3.05, 3.63) is 23.8 Å². The fourth-order valence-corrected chi connectivity index (χ4v) is 2.33. The number of hydrogen-bond acceptors (Lipinski definition) is 3. The van der Waals surface area contributed by atoms with E-state index in [0.717, 1.165) is 24.3 Å². The van der Waals surface area contributed by atoms with E-state index in [-0.39, 0.29) is 5.60 Å². The third-order valence-electron chi connectivity index (χ3n) is 3.31. The van der Waals surface area contributed by atoms with E-state index in [1.807, 2.05) is 19.1 Å². The lowest BCUT2D eigenvalue weighted by Crippen LogP contribution is -2.24. The van der Waals surface area contributed by atoms with Crippen LogP contribution < -0.4 is 9.47 Å². The van der Waals surface area contributed by atoms with Crippen molar-refractivity contribution in [2.24, 2.45) is 0 Å². The summed E-state index contributed by atoms with van der Waals surface area (Å²) in [6.07, 6.45) is 2.88. The molecule has 0 N–H and O–H groups in total. The molecule has 1 aliphatic rings. The van der Waals surface area contributed by atoms with Crippen LogP contribution in [0.2, 0.25) is 0 Å². The maximum Gasteiger partial charge on any atom is 0.165 e. The number of carbonyl (C=O) groups is 1. The zero-order chi connectivity index (χ0) is 13.9. The molecule has 0 aromatic heterocycles. The smallest absolute Gasteiger partial charge is 0.165 e. The molecule has 0 unspecified atom stereocenters. The zero-order valence-corrected chi connectivity index (χ0v) is 12.0. The number of fused-ring (bicyclic) bond motifs is 1. The fourth-order valence-electron chi connectivity index (χ4n) is 2.33. The molecule has 0 fully saturated rings. The van der Waals surface area contributed by atoms with E-state index < -0.39 is 0 Å². The van der Waals surface area contributed by atoms with Gasteiger partial charge in [0.05, 0.1) is 6.61 Å². The zero-order valence-electron chi connectivity index (χ0n) is 12.0. The fraction of sp³-hybridized carbons (Fsp3) is 0.562. The summed E-state index contributed by atoms with van der Waals surface area (Å²) >= 11 is 0. The lowest BCUT2D eigenvalue weighted by atomic mass is 10.0. The van der Waals surface area contributed by atoms with Gasteiger partial charge in [0.25, 0.3) is 0 Å². The average molecular weight is 262 g/mol. The highest BCUT2D eigenvalue weighted by Crippen LogP contribution is 2.41. The first-order valence-electron chi connectivity index (χ1n) is 6.97. The van der Waals surface area contributed by atoms with E-state index in [2.05, 4.69) is 19.9 Å². The van der Waals surface area contributed by atoms with Crippen molar-refractivity contribution in [2.75, 3.05) is 6.61 Å². The molecular weight excluding hydrogens is 240 g/mol. The summed E-state index contributed by atoms with van der Waals surface area (Å²) < 4.78 is 11.7. The monoisotopic (exact) mass is 262 g/mol. The van der Waals surface area contributed by atoms with Crippen molar-refractivity contribution >= 4 is 5.78 Å². The van der Waals surface area contributed by atoms with E-state index in [4.69, 9.17) is 9.47 Å². The van der Waals surface area contributed by atoms with E-state index in [1.165, 1.54) is 5.56 Å². The van der Waals surface area contributed by atoms with Crippen LogP contribution in [0.5, 0.6) is 11.5 Å². The molecule has 0 spiro atoms. The molecule has 0 amide bonds. The van der Waals surface area contributed by atoms with Gasteiger partial charge in [0, 0.05) is 24.8 Å². The third kappa shape index (κ3) is 3.49. The van der Waals surface area contributed by atoms with Crippen LogP contribution in [0.25, 0.3) is 0 Å². The Hall–Kier alpha value is -1.51. The Balaban J connectivity index is 1.92. The van der Waals surface area contributed by atoms with E-state index in [0.29, 0.717) is 25.2 Å². The van der Waals surface area contributed by atoms with Gasteiger partial charge >= 0.3 is 0 Å². The topological polar surface area (TPSA) is 35.5 Å². The summed E-state index contributed by atoms with van der Waals surface area (Å²) in [5.41, 5.74) is 1.05. The average Bonchev–Trinajstić information content (AvgIpc) is 2.68. The molecule has 1 aromatic carbocycles. The van der Waals surface area contributed by atoms with Gasteiger partial charge in [-0.25, -0.2) is 0 Å². The largest absolute Gasteiger partial charge is 0.490 e. The van der Waals surface area contributed by atoms with Crippen LogP contribution in [-0.2, 0) is 11.2 Å². The molecule has 1 aromatic rings. The number of hydrogen-bond donors (Lipinski definition) is 0. The molecule has 3 heteroatoms. The molecule has 3 nitrogen and oxygen atoms in total. The molecule has 104 valence electrons. The Morgan fingerprint density at radius 2 is 2.21 bits per heavy atom. The minimum Gasteiger partial charge on any atom is -0.490 e. The maximum atomic E-state index is 11.2. The van der Waals surface area contributed by atoms with Crippen molar-refractivity contribution < 1.29 is 14.3 Å². The summed E-state index contributed by atoms with van der Waals surface area (Å²) in [4.78, 5) is 11.2. The molecule has 1 heterocycles. The molecule has 0 saturated carbocycles. The van der Waals surface area contributed by atoms with Crippen molar-refractivity contribution in [2.45, 2.75) is 52.1 Å². The number of Topliss-reactive ketones (excluding diaryl/α,β-unsaturated/α-hetero) is 1. The van der Waals surface area contributed by atoms with Gasteiger partial charge < -0.3 is 9.47 Å². The predicted octanol–water partition coefficient (Wildman–Crippen LogP) is 3.54. The molecule has 0 saturated heterocycles. The van der Waals surface area contributed by atoms with Gasteiger partial charge in [-0.15, -0.1) is 0 Å². The summed E-state index contributed by atoms with van der Waals surface area (Å²) in [7, 11) is 0. The Bertz CT molecular complexity index is 463. The highest BCUT2D eigenvalue weighted by atomic mass is 16.5. The van der Waals surface area contributed by atoms with Gasteiger partial charge in [-0.2, -0.15) is 0 Å². The number of rotatable bonds is 6. The number of ketones is 1. The number of para-hydroxylation sites is 1. The third-order valence-corrected chi connectivity index (χ3v) is 3.31. The van der Waals surface area contributed by atoms with Crippen molar-refractivity contribution in [3.63, 3.8) is 0 Å². The molecule has 0 radical (unpaired) electrons. The van der Waals surface area contributed by atoms with Gasteiger partial charge in [-0.1, -0.05) is 19.1 Å². The normalized spacial score (nSPS) is 15.7. The standard InChI is InChI=1S/C16H22O3/c1-4-13(17)8-6-10-18-14-9-5-7-12-11-16(2,3)19-15(12)14/h5,7,9H,4,6,8,10-11H2,1-3H3. The molecular formula is C16H22O3.